The number of pyridine rings is 1. The molecule has 1 heterocycles. The van der Waals surface area contributed by atoms with E-state index >= 15 is 0 Å². The molecule has 1 aromatic heterocycles. The summed E-state index contributed by atoms with van der Waals surface area (Å²) in [6.07, 6.45) is 5.09. The molecule has 1 aliphatic carbocycles. The van der Waals surface area contributed by atoms with E-state index < -0.39 is 15.7 Å². The van der Waals surface area contributed by atoms with Crippen molar-refractivity contribution in [2.45, 2.75) is 50.7 Å². The Hall–Kier alpha value is -0.940. The zero-order valence-electron chi connectivity index (χ0n) is 12.5. The SMILES string of the molecule is C[C@H](CC(C)(C)S(N)=O)c1ccc(OCC2CC2)cn1. The number of nitrogens with zero attached hydrogens (tertiary/aromatic N) is 1. The Morgan fingerprint density at radius 1 is 1.50 bits per heavy atom. The van der Waals surface area contributed by atoms with E-state index in [1.54, 1.807) is 6.20 Å². The molecule has 2 N–H and O–H groups in total. The lowest BCUT2D eigenvalue weighted by Gasteiger charge is -2.24. The molecule has 1 aliphatic rings. The molecule has 0 saturated heterocycles. The van der Waals surface area contributed by atoms with Crippen LogP contribution in [0.5, 0.6) is 5.75 Å². The predicted octanol–water partition coefficient (Wildman–Crippen LogP) is 2.77. The highest BCUT2D eigenvalue weighted by atomic mass is 32.2. The first-order valence-electron chi connectivity index (χ1n) is 7.13. The summed E-state index contributed by atoms with van der Waals surface area (Å²) in [5.74, 6) is 1.79. The normalized spacial score (nSPS) is 18.6. The standard InChI is InChI=1S/C15H24N2O2S/c1-11(8-15(2,3)20(16)18)14-7-6-13(9-17-14)19-10-12-4-5-12/h6-7,9,11-12H,4-5,8,10,16H2,1-3H3/t11-,20?/m1/s1. The van der Waals surface area contributed by atoms with Gasteiger partial charge in [0.25, 0.3) is 0 Å². The summed E-state index contributed by atoms with van der Waals surface area (Å²) in [7, 11) is -1.33. The average Bonchev–Trinajstić information content (AvgIpc) is 3.20. The molecule has 2 atom stereocenters. The predicted molar refractivity (Wildman–Crippen MR) is 81.9 cm³/mol. The van der Waals surface area contributed by atoms with Gasteiger partial charge in [0.15, 0.2) is 0 Å². The fourth-order valence-electron chi connectivity index (χ4n) is 2.19. The summed E-state index contributed by atoms with van der Waals surface area (Å²) < 4.78 is 16.8. The Morgan fingerprint density at radius 3 is 2.70 bits per heavy atom. The maximum atomic E-state index is 11.5. The van der Waals surface area contributed by atoms with Crippen LogP contribution in [0.2, 0.25) is 0 Å². The van der Waals surface area contributed by atoms with Crippen LogP contribution in [0.3, 0.4) is 0 Å². The maximum absolute atomic E-state index is 11.5. The van der Waals surface area contributed by atoms with Crippen molar-refractivity contribution in [1.82, 2.24) is 4.98 Å². The van der Waals surface area contributed by atoms with Gasteiger partial charge in [0.1, 0.15) is 5.75 Å². The van der Waals surface area contributed by atoms with Crippen LogP contribution >= 0.6 is 0 Å². The fraction of sp³-hybridized carbons (Fsp3) is 0.667. The van der Waals surface area contributed by atoms with Gasteiger partial charge in [-0.1, -0.05) is 6.92 Å². The van der Waals surface area contributed by atoms with E-state index in [1.807, 2.05) is 26.0 Å². The van der Waals surface area contributed by atoms with Crippen molar-refractivity contribution in [3.8, 4) is 5.75 Å². The van der Waals surface area contributed by atoms with Crippen molar-refractivity contribution in [1.29, 1.82) is 0 Å². The lowest BCUT2D eigenvalue weighted by molar-refractivity contribution is 0.298. The van der Waals surface area contributed by atoms with Crippen molar-refractivity contribution in [2.75, 3.05) is 6.61 Å². The molecule has 5 heteroatoms. The van der Waals surface area contributed by atoms with Gasteiger partial charge in [0.2, 0.25) is 0 Å². The molecule has 0 radical (unpaired) electrons. The summed E-state index contributed by atoms with van der Waals surface area (Å²) >= 11 is 0. The van der Waals surface area contributed by atoms with E-state index in [9.17, 15) is 4.21 Å². The van der Waals surface area contributed by atoms with Crippen LogP contribution < -0.4 is 9.88 Å². The van der Waals surface area contributed by atoms with Gasteiger partial charge in [0, 0.05) is 5.69 Å². The molecule has 1 aromatic rings. The molecule has 0 aromatic carbocycles. The summed E-state index contributed by atoms with van der Waals surface area (Å²) in [5, 5.41) is 5.53. The summed E-state index contributed by atoms with van der Waals surface area (Å²) in [6, 6.07) is 3.95. The van der Waals surface area contributed by atoms with Crippen LogP contribution in [0.25, 0.3) is 0 Å². The van der Waals surface area contributed by atoms with E-state index in [2.05, 4.69) is 11.9 Å². The molecular weight excluding hydrogens is 272 g/mol. The second-order valence-corrected chi connectivity index (χ2v) is 8.04. The molecule has 1 fully saturated rings. The quantitative estimate of drug-likeness (QED) is 0.841. The Kier molecular flexibility index (Phi) is 4.81. The van der Waals surface area contributed by atoms with Gasteiger partial charge in [-0.15, -0.1) is 0 Å². The minimum Gasteiger partial charge on any atom is -0.492 e. The lowest BCUT2D eigenvalue weighted by Crippen LogP contribution is -2.33. The highest BCUT2D eigenvalue weighted by Crippen LogP contribution is 2.30. The van der Waals surface area contributed by atoms with Gasteiger partial charge in [0.05, 0.1) is 28.5 Å². The van der Waals surface area contributed by atoms with Crippen LogP contribution in [-0.4, -0.2) is 20.5 Å². The molecule has 0 bridgehead atoms. The largest absolute Gasteiger partial charge is 0.492 e. The molecule has 1 saturated carbocycles. The molecule has 1 unspecified atom stereocenters. The van der Waals surface area contributed by atoms with Gasteiger partial charge in [-0.25, -0.2) is 4.21 Å². The van der Waals surface area contributed by atoms with Crippen LogP contribution in [0.4, 0.5) is 0 Å². The van der Waals surface area contributed by atoms with Crippen molar-refractivity contribution in [2.24, 2.45) is 11.1 Å². The smallest absolute Gasteiger partial charge is 0.137 e. The van der Waals surface area contributed by atoms with Crippen LogP contribution in [0.1, 0.15) is 51.6 Å². The number of hydrogen-bond acceptors (Lipinski definition) is 3. The minimum atomic E-state index is -1.33. The van der Waals surface area contributed by atoms with E-state index in [-0.39, 0.29) is 5.92 Å². The molecular formula is C15H24N2O2S. The number of nitrogens with two attached hydrogens (primary N) is 1. The minimum absolute atomic E-state index is 0.218. The maximum Gasteiger partial charge on any atom is 0.137 e. The first kappa shape index (κ1) is 15.4. The topological polar surface area (TPSA) is 65.2 Å². The summed E-state index contributed by atoms with van der Waals surface area (Å²) in [6.45, 7) is 6.73. The monoisotopic (exact) mass is 296 g/mol. The second-order valence-electron chi connectivity index (χ2n) is 6.34. The summed E-state index contributed by atoms with van der Waals surface area (Å²) in [4.78, 5) is 4.46. The van der Waals surface area contributed by atoms with Crippen LogP contribution in [0, 0.1) is 5.92 Å². The van der Waals surface area contributed by atoms with Gasteiger partial charge < -0.3 is 4.74 Å². The zero-order chi connectivity index (χ0) is 14.8. The van der Waals surface area contributed by atoms with Crippen molar-refractivity contribution >= 4 is 11.0 Å². The molecule has 4 nitrogen and oxygen atoms in total. The van der Waals surface area contributed by atoms with Crippen molar-refractivity contribution in [3.05, 3.63) is 24.0 Å². The highest BCUT2D eigenvalue weighted by molar-refractivity contribution is 7.84. The first-order chi connectivity index (χ1) is 9.38. The van der Waals surface area contributed by atoms with Gasteiger partial charge in [-0.05, 0) is 57.1 Å². The average molecular weight is 296 g/mol. The Labute approximate surface area is 123 Å². The van der Waals surface area contributed by atoms with E-state index in [4.69, 9.17) is 9.88 Å². The number of rotatable bonds is 7. The third-order valence-corrected chi connectivity index (χ3v) is 5.05. The molecule has 0 spiro atoms. The number of hydrogen-bond donors (Lipinski definition) is 1. The molecule has 112 valence electrons. The van der Waals surface area contributed by atoms with Gasteiger partial charge in [-0.2, -0.15) is 0 Å². The van der Waals surface area contributed by atoms with Crippen LogP contribution in [0.15, 0.2) is 18.3 Å². The van der Waals surface area contributed by atoms with E-state index in [0.717, 1.165) is 30.4 Å². The van der Waals surface area contributed by atoms with Crippen LogP contribution in [-0.2, 0) is 11.0 Å². The fourth-order valence-corrected chi connectivity index (χ4v) is 2.61. The highest BCUT2D eigenvalue weighted by Gasteiger charge is 2.27. The van der Waals surface area contributed by atoms with Crippen molar-refractivity contribution in [3.63, 3.8) is 0 Å². The van der Waals surface area contributed by atoms with Gasteiger partial charge >= 0.3 is 0 Å². The Bertz CT molecular complexity index is 469. The lowest BCUT2D eigenvalue weighted by atomic mass is 9.95. The second kappa shape index (κ2) is 6.22. The molecule has 0 amide bonds. The van der Waals surface area contributed by atoms with Crippen molar-refractivity contribution < 1.29 is 8.95 Å². The zero-order valence-corrected chi connectivity index (χ0v) is 13.3. The Morgan fingerprint density at radius 2 is 2.20 bits per heavy atom. The third-order valence-electron chi connectivity index (χ3n) is 3.79. The molecule has 2 rings (SSSR count). The third kappa shape index (κ3) is 4.28. The molecule has 0 aliphatic heterocycles. The number of ether oxygens (including phenoxy) is 1. The van der Waals surface area contributed by atoms with E-state index in [0.29, 0.717) is 0 Å². The molecule has 20 heavy (non-hydrogen) atoms. The van der Waals surface area contributed by atoms with E-state index in [1.165, 1.54) is 12.8 Å². The summed E-state index contributed by atoms with van der Waals surface area (Å²) in [5.41, 5.74) is 0.988. The number of aromatic nitrogens is 1. The van der Waals surface area contributed by atoms with Gasteiger partial charge in [-0.3, -0.25) is 10.1 Å². The first-order valence-corrected chi connectivity index (χ1v) is 8.35. The Balaban J connectivity index is 1.92.